The zero-order chi connectivity index (χ0) is 6.15. The van der Waals surface area contributed by atoms with Gasteiger partial charge in [0.05, 0.1) is 16.1 Å². The number of imide groups is 1. The molecule has 9 heavy (non-hydrogen) atoms. The Morgan fingerprint density at radius 3 is 1.67 bits per heavy atom. The molecule has 0 aromatic rings. The third-order valence-corrected chi connectivity index (χ3v) is 1.78. The number of hydrogen-bond donors (Lipinski definition) is 0. The first-order valence-electron chi connectivity index (χ1n) is 2.23. The minimum atomic E-state index is -0.144. The molecule has 1 aliphatic heterocycles. The summed E-state index contributed by atoms with van der Waals surface area (Å²) in [6.45, 7) is 0. The van der Waals surface area contributed by atoms with E-state index in [4.69, 9.17) is 0 Å². The van der Waals surface area contributed by atoms with E-state index in [2.05, 4.69) is 16.1 Å². The molecule has 1 radical (unpaired) electrons. The van der Waals surface area contributed by atoms with Crippen molar-refractivity contribution in [3.8, 4) is 0 Å². The second-order valence-corrected chi connectivity index (χ2v) is 2.28. The molecular formula is C4H4BrNNaO2. The number of nitrogens with zero attached hydrogens (tertiary/aromatic N) is 1. The van der Waals surface area contributed by atoms with Crippen LogP contribution in [0.1, 0.15) is 12.8 Å². The number of carbonyl (C=O) groups is 2. The van der Waals surface area contributed by atoms with Gasteiger partial charge in [-0.1, -0.05) is 0 Å². The van der Waals surface area contributed by atoms with Gasteiger partial charge in [-0.2, -0.15) is 0 Å². The first-order valence-corrected chi connectivity index (χ1v) is 2.94. The first kappa shape index (κ1) is 9.62. The SMILES string of the molecule is O=C1CCC(=O)N1Br.[Na]. The molecule has 0 spiro atoms. The summed E-state index contributed by atoms with van der Waals surface area (Å²) in [6.07, 6.45) is 0.703. The van der Waals surface area contributed by atoms with Gasteiger partial charge in [0.15, 0.2) is 0 Å². The summed E-state index contributed by atoms with van der Waals surface area (Å²) in [5.41, 5.74) is 0. The van der Waals surface area contributed by atoms with E-state index in [-0.39, 0.29) is 41.4 Å². The predicted octanol–water partition coefficient (Wildman–Crippen LogP) is 0.0645. The summed E-state index contributed by atoms with van der Waals surface area (Å²) >= 11 is 2.80. The zero-order valence-corrected chi connectivity index (χ0v) is 8.64. The zero-order valence-electron chi connectivity index (χ0n) is 5.06. The predicted molar refractivity (Wildman–Crippen MR) is 35.8 cm³/mol. The Morgan fingerprint density at radius 1 is 1.22 bits per heavy atom. The summed E-state index contributed by atoms with van der Waals surface area (Å²) in [6, 6.07) is 0. The fourth-order valence-electron chi connectivity index (χ4n) is 0.549. The van der Waals surface area contributed by atoms with E-state index in [9.17, 15) is 9.59 Å². The Morgan fingerprint density at radius 2 is 1.56 bits per heavy atom. The van der Waals surface area contributed by atoms with Crippen molar-refractivity contribution in [3.63, 3.8) is 0 Å². The Balaban J connectivity index is 0.000000640. The van der Waals surface area contributed by atoms with E-state index >= 15 is 0 Å². The Bertz CT molecular complexity index is 134. The van der Waals surface area contributed by atoms with Crippen LogP contribution in [0.15, 0.2) is 0 Å². The minimum absolute atomic E-state index is 0. The molecule has 1 fully saturated rings. The van der Waals surface area contributed by atoms with Crippen LogP contribution in [-0.4, -0.2) is 45.3 Å². The molecule has 3 nitrogen and oxygen atoms in total. The van der Waals surface area contributed by atoms with Gasteiger partial charge in [0.2, 0.25) is 11.8 Å². The van der Waals surface area contributed by atoms with E-state index in [1.54, 1.807) is 0 Å². The largest absolute Gasteiger partial charge is 0.274 e. The molecule has 0 N–H and O–H groups in total. The van der Waals surface area contributed by atoms with Crippen molar-refractivity contribution in [2.75, 3.05) is 0 Å². The maximum Gasteiger partial charge on any atom is 0.239 e. The summed E-state index contributed by atoms with van der Waals surface area (Å²) in [4.78, 5) is 20.9. The number of halogens is 1. The van der Waals surface area contributed by atoms with Crippen molar-refractivity contribution >= 4 is 57.5 Å². The topological polar surface area (TPSA) is 37.4 Å². The standard InChI is InChI=1S/C4H4BrNO2.Na/c5-6-3(7)1-2-4(6)8;/h1-2H2;. The fourth-order valence-corrected chi connectivity index (χ4v) is 0.904. The molecule has 0 atom stereocenters. The summed E-state index contributed by atoms with van der Waals surface area (Å²) in [7, 11) is 0. The molecule has 5 heteroatoms. The molecule has 0 bridgehead atoms. The van der Waals surface area contributed by atoms with Gasteiger partial charge >= 0.3 is 0 Å². The number of carbonyl (C=O) groups excluding carboxylic acids is 2. The van der Waals surface area contributed by atoms with E-state index < -0.39 is 0 Å². The van der Waals surface area contributed by atoms with Crippen LogP contribution >= 0.6 is 16.1 Å². The second kappa shape index (κ2) is 3.71. The average molecular weight is 201 g/mol. The molecule has 1 rings (SSSR count). The van der Waals surface area contributed by atoms with Crippen molar-refractivity contribution in [2.24, 2.45) is 0 Å². The van der Waals surface area contributed by atoms with Crippen LogP contribution in [0.5, 0.6) is 0 Å². The Kier molecular flexibility index (Phi) is 3.96. The van der Waals surface area contributed by atoms with E-state index in [0.717, 1.165) is 3.93 Å². The number of hydrogen-bond acceptors (Lipinski definition) is 2. The molecule has 0 aromatic heterocycles. The van der Waals surface area contributed by atoms with Crippen LogP contribution < -0.4 is 0 Å². The molecule has 1 heterocycles. The number of rotatable bonds is 0. The third-order valence-electron chi connectivity index (χ3n) is 0.991. The van der Waals surface area contributed by atoms with Crippen LogP contribution in [0.2, 0.25) is 0 Å². The van der Waals surface area contributed by atoms with Crippen LogP contribution in [0.4, 0.5) is 0 Å². The van der Waals surface area contributed by atoms with E-state index in [1.165, 1.54) is 0 Å². The maximum atomic E-state index is 10.4. The van der Waals surface area contributed by atoms with Gasteiger partial charge < -0.3 is 0 Å². The molecule has 45 valence electrons. The molecular weight excluding hydrogens is 197 g/mol. The summed E-state index contributed by atoms with van der Waals surface area (Å²) in [5.74, 6) is -0.287. The molecule has 0 unspecified atom stereocenters. The van der Waals surface area contributed by atoms with Gasteiger partial charge in [-0.25, -0.2) is 3.93 Å². The average Bonchev–Trinajstić information content (AvgIpc) is 1.98. The summed E-state index contributed by atoms with van der Waals surface area (Å²) < 4.78 is 0.979. The molecule has 0 aromatic carbocycles. The van der Waals surface area contributed by atoms with Crippen molar-refractivity contribution in [3.05, 3.63) is 0 Å². The normalized spacial score (nSPS) is 18.1. The Hall–Kier alpha value is 0.620. The summed E-state index contributed by atoms with van der Waals surface area (Å²) in [5, 5.41) is 0. The van der Waals surface area contributed by atoms with Crippen molar-refractivity contribution in [1.29, 1.82) is 0 Å². The molecule has 1 aliphatic rings. The minimum Gasteiger partial charge on any atom is -0.274 e. The van der Waals surface area contributed by atoms with Gasteiger partial charge in [0.1, 0.15) is 0 Å². The van der Waals surface area contributed by atoms with Crippen LogP contribution in [0.25, 0.3) is 0 Å². The van der Waals surface area contributed by atoms with Crippen LogP contribution in [-0.2, 0) is 9.59 Å². The van der Waals surface area contributed by atoms with Gasteiger partial charge in [-0.05, 0) is 0 Å². The van der Waals surface area contributed by atoms with Gasteiger partial charge in [0, 0.05) is 42.4 Å². The van der Waals surface area contributed by atoms with Gasteiger partial charge in [-0.3, -0.25) is 9.59 Å². The first-order chi connectivity index (χ1) is 3.72. The van der Waals surface area contributed by atoms with Crippen molar-refractivity contribution in [2.45, 2.75) is 12.8 Å². The van der Waals surface area contributed by atoms with Crippen LogP contribution in [0.3, 0.4) is 0 Å². The quantitative estimate of drug-likeness (QED) is 0.315. The number of amides is 2. The smallest absolute Gasteiger partial charge is 0.239 e. The maximum absolute atomic E-state index is 10.4. The van der Waals surface area contributed by atoms with Crippen molar-refractivity contribution in [1.82, 2.24) is 3.93 Å². The molecule has 0 saturated carbocycles. The van der Waals surface area contributed by atoms with Crippen LogP contribution in [0, 0.1) is 0 Å². The molecule has 0 aliphatic carbocycles. The molecule has 2 amide bonds. The van der Waals surface area contributed by atoms with Gasteiger partial charge in [-0.15, -0.1) is 0 Å². The fraction of sp³-hybridized carbons (Fsp3) is 0.500. The van der Waals surface area contributed by atoms with Gasteiger partial charge in [0.25, 0.3) is 0 Å². The van der Waals surface area contributed by atoms with Crippen molar-refractivity contribution < 1.29 is 9.59 Å². The monoisotopic (exact) mass is 200 g/mol. The van der Waals surface area contributed by atoms with E-state index in [0.29, 0.717) is 12.8 Å². The third kappa shape index (κ3) is 2.04. The Labute approximate surface area is 83.4 Å². The second-order valence-electron chi connectivity index (χ2n) is 1.57. The molecule has 1 saturated heterocycles. The van der Waals surface area contributed by atoms with E-state index in [1.807, 2.05) is 0 Å².